The lowest BCUT2D eigenvalue weighted by Crippen LogP contribution is -2.29. The van der Waals surface area contributed by atoms with Gasteiger partial charge in [0, 0.05) is 16.7 Å². The third-order valence-electron chi connectivity index (χ3n) is 3.82. The van der Waals surface area contributed by atoms with Gasteiger partial charge in [-0.3, -0.25) is 4.79 Å². The molecule has 3 rings (SSSR count). The molecule has 1 aliphatic heterocycles. The maximum atomic E-state index is 12.2. The number of rotatable bonds is 4. The molecule has 2 aromatic rings. The van der Waals surface area contributed by atoms with Gasteiger partial charge in [0.2, 0.25) is 5.91 Å². The Morgan fingerprint density at radius 1 is 1.22 bits per heavy atom. The fourth-order valence-electron chi connectivity index (χ4n) is 2.60. The molecule has 23 heavy (non-hydrogen) atoms. The van der Waals surface area contributed by atoms with Gasteiger partial charge in [-0.2, -0.15) is 0 Å². The minimum atomic E-state index is -0.0625. The highest BCUT2D eigenvalue weighted by atomic mass is 32.2. The smallest absolute Gasteiger partial charge is 0.244 e. The van der Waals surface area contributed by atoms with E-state index in [2.05, 4.69) is 17.4 Å². The van der Waals surface area contributed by atoms with Crippen LogP contribution < -0.4 is 10.1 Å². The van der Waals surface area contributed by atoms with Gasteiger partial charge >= 0.3 is 0 Å². The zero-order valence-electron chi connectivity index (χ0n) is 13.0. The molecule has 0 spiro atoms. The van der Waals surface area contributed by atoms with Crippen LogP contribution in [0, 0.1) is 0 Å². The molecule has 4 heteroatoms. The normalized spacial score (nSPS) is 16.8. The molecule has 0 bridgehead atoms. The first kappa shape index (κ1) is 15.7. The number of ether oxygens (including phenoxy) is 1. The minimum absolute atomic E-state index is 0.0625. The molecule has 1 atom stereocenters. The average molecular weight is 325 g/mol. The Hall–Kier alpha value is -2.20. The highest BCUT2D eigenvalue weighted by Crippen LogP contribution is 2.35. The van der Waals surface area contributed by atoms with Gasteiger partial charge in [-0.1, -0.05) is 30.3 Å². The van der Waals surface area contributed by atoms with Crippen LogP contribution in [0.4, 0.5) is 0 Å². The van der Waals surface area contributed by atoms with Crippen LogP contribution in [0.15, 0.2) is 59.5 Å². The summed E-state index contributed by atoms with van der Waals surface area (Å²) in [4.78, 5) is 13.5. The van der Waals surface area contributed by atoms with E-state index in [1.165, 1.54) is 10.5 Å². The second-order valence-corrected chi connectivity index (χ2v) is 6.48. The van der Waals surface area contributed by atoms with Crippen LogP contribution in [0.2, 0.25) is 0 Å². The minimum Gasteiger partial charge on any atom is -0.497 e. The zero-order valence-corrected chi connectivity index (χ0v) is 13.8. The molecule has 3 nitrogen and oxygen atoms in total. The van der Waals surface area contributed by atoms with Crippen LogP contribution in [0.25, 0.3) is 6.08 Å². The number of carbonyl (C=O) groups excluding carboxylic acids is 1. The van der Waals surface area contributed by atoms with Crippen LogP contribution in [0.3, 0.4) is 0 Å². The zero-order chi connectivity index (χ0) is 16.1. The third-order valence-corrected chi connectivity index (χ3v) is 4.94. The third kappa shape index (κ3) is 3.96. The molecule has 0 unspecified atom stereocenters. The van der Waals surface area contributed by atoms with E-state index in [0.29, 0.717) is 0 Å². The molecular formula is C19H19NO2S. The highest BCUT2D eigenvalue weighted by molar-refractivity contribution is 7.99. The standard InChI is InChI=1S/C19H19NO2S/c1-22-15-9-6-14(7-10-15)8-11-19(21)20-17-12-13-23-18-5-3-2-4-16(17)18/h2-11,17H,12-13H2,1H3,(H,20,21)/b11-8+/t17-/m1/s1. The lowest BCUT2D eigenvalue weighted by atomic mass is 10.0. The first-order valence-corrected chi connectivity index (χ1v) is 8.59. The first-order chi connectivity index (χ1) is 11.3. The Morgan fingerprint density at radius 3 is 2.78 bits per heavy atom. The number of fused-ring (bicyclic) bond motifs is 1. The second-order valence-electron chi connectivity index (χ2n) is 5.34. The van der Waals surface area contributed by atoms with E-state index < -0.39 is 0 Å². The van der Waals surface area contributed by atoms with Gasteiger partial charge in [0.05, 0.1) is 13.2 Å². The van der Waals surface area contributed by atoms with Gasteiger partial charge in [-0.15, -0.1) is 11.8 Å². The fourth-order valence-corrected chi connectivity index (χ4v) is 3.72. The number of hydrogen-bond donors (Lipinski definition) is 1. The Balaban J connectivity index is 1.64. The van der Waals surface area contributed by atoms with Crippen LogP contribution >= 0.6 is 11.8 Å². The van der Waals surface area contributed by atoms with Gasteiger partial charge in [0.1, 0.15) is 5.75 Å². The Morgan fingerprint density at radius 2 is 2.00 bits per heavy atom. The van der Waals surface area contributed by atoms with Crippen molar-refractivity contribution in [2.24, 2.45) is 0 Å². The molecule has 0 saturated carbocycles. The molecule has 0 aliphatic carbocycles. The molecule has 0 radical (unpaired) electrons. The van der Waals surface area contributed by atoms with E-state index in [4.69, 9.17) is 4.74 Å². The number of carbonyl (C=O) groups is 1. The summed E-state index contributed by atoms with van der Waals surface area (Å²) in [6, 6.07) is 16.0. The van der Waals surface area contributed by atoms with Gasteiger partial charge in [0.25, 0.3) is 0 Å². The summed E-state index contributed by atoms with van der Waals surface area (Å²) in [7, 11) is 1.64. The van der Waals surface area contributed by atoms with E-state index >= 15 is 0 Å². The quantitative estimate of drug-likeness (QED) is 0.862. The van der Waals surface area contributed by atoms with Crippen molar-refractivity contribution in [2.75, 3.05) is 12.9 Å². The first-order valence-electron chi connectivity index (χ1n) is 7.60. The van der Waals surface area contributed by atoms with Crippen molar-refractivity contribution in [1.82, 2.24) is 5.32 Å². The molecule has 0 aromatic heterocycles. The molecule has 118 valence electrons. The predicted molar refractivity (Wildman–Crippen MR) is 94.7 cm³/mol. The van der Waals surface area contributed by atoms with Crippen molar-refractivity contribution in [3.63, 3.8) is 0 Å². The van der Waals surface area contributed by atoms with Crippen LogP contribution in [-0.2, 0) is 4.79 Å². The van der Waals surface area contributed by atoms with E-state index in [-0.39, 0.29) is 11.9 Å². The number of benzene rings is 2. The molecule has 0 saturated heterocycles. The topological polar surface area (TPSA) is 38.3 Å². The predicted octanol–water partition coefficient (Wildman–Crippen LogP) is 4.06. The van der Waals surface area contributed by atoms with Crippen molar-refractivity contribution < 1.29 is 9.53 Å². The molecule has 1 amide bonds. The van der Waals surface area contributed by atoms with E-state index in [0.717, 1.165) is 23.5 Å². The summed E-state index contributed by atoms with van der Waals surface area (Å²) in [6.07, 6.45) is 4.37. The lowest BCUT2D eigenvalue weighted by molar-refractivity contribution is -0.117. The van der Waals surface area contributed by atoms with Crippen LogP contribution in [0.1, 0.15) is 23.6 Å². The summed E-state index contributed by atoms with van der Waals surface area (Å²) in [5.41, 5.74) is 2.19. The maximum absolute atomic E-state index is 12.2. The van der Waals surface area contributed by atoms with Crippen molar-refractivity contribution in [1.29, 1.82) is 0 Å². The fraction of sp³-hybridized carbons (Fsp3) is 0.211. The molecule has 1 heterocycles. The van der Waals surface area contributed by atoms with Crippen LogP contribution in [-0.4, -0.2) is 18.8 Å². The number of thioether (sulfide) groups is 1. The molecule has 1 aliphatic rings. The molecule has 2 aromatic carbocycles. The summed E-state index contributed by atoms with van der Waals surface area (Å²) >= 11 is 1.85. The Kier molecular flexibility index (Phi) is 5.03. The van der Waals surface area contributed by atoms with Crippen molar-refractivity contribution >= 4 is 23.7 Å². The van der Waals surface area contributed by atoms with Gasteiger partial charge in [-0.25, -0.2) is 0 Å². The Bertz CT molecular complexity index is 710. The highest BCUT2D eigenvalue weighted by Gasteiger charge is 2.20. The number of hydrogen-bond acceptors (Lipinski definition) is 3. The van der Waals surface area contributed by atoms with Crippen molar-refractivity contribution in [3.8, 4) is 5.75 Å². The molecular weight excluding hydrogens is 306 g/mol. The van der Waals surface area contributed by atoms with Gasteiger partial charge in [-0.05, 0) is 41.8 Å². The largest absolute Gasteiger partial charge is 0.497 e. The van der Waals surface area contributed by atoms with Crippen LogP contribution in [0.5, 0.6) is 5.75 Å². The lowest BCUT2D eigenvalue weighted by Gasteiger charge is -2.25. The Labute approximate surface area is 140 Å². The van der Waals surface area contributed by atoms with Crippen molar-refractivity contribution in [2.45, 2.75) is 17.4 Å². The van der Waals surface area contributed by atoms with E-state index in [1.54, 1.807) is 13.2 Å². The number of methoxy groups -OCH3 is 1. The number of nitrogens with one attached hydrogen (secondary N) is 1. The summed E-state index contributed by atoms with van der Waals surface area (Å²) in [5.74, 6) is 1.78. The summed E-state index contributed by atoms with van der Waals surface area (Å²) in [5, 5.41) is 3.10. The number of amides is 1. The monoisotopic (exact) mass is 325 g/mol. The average Bonchev–Trinajstić information content (AvgIpc) is 2.61. The van der Waals surface area contributed by atoms with E-state index in [9.17, 15) is 4.79 Å². The van der Waals surface area contributed by atoms with Gasteiger partial charge < -0.3 is 10.1 Å². The SMILES string of the molecule is COc1ccc(/C=C/C(=O)N[C@@H]2CCSc3ccccc32)cc1. The maximum Gasteiger partial charge on any atom is 0.244 e. The summed E-state index contributed by atoms with van der Waals surface area (Å²) in [6.45, 7) is 0. The van der Waals surface area contributed by atoms with Gasteiger partial charge in [0.15, 0.2) is 0 Å². The van der Waals surface area contributed by atoms with Crippen molar-refractivity contribution in [3.05, 3.63) is 65.7 Å². The molecule has 0 fully saturated rings. The molecule has 1 N–H and O–H groups in total. The second kappa shape index (κ2) is 7.38. The van der Waals surface area contributed by atoms with E-state index in [1.807, 2.05) is 54.2 Å². The summed E-state index contributed by atoms with van der Waals surface area (Å²) < 4.78 is 5.12.